The lowest BCUT2D eigenvalue weighted by Gasteiger charge is -2.14. The monoisotopic (exact) mass is 341 g/mol. The first-order valence-electron chi connectivity index (χ1n) is 8.33. The molecule has 5 heteroatoms. The van der Waals surface area contributed by atoms with E-state index in [4.69, 9.17) is 4.74 Å². The molecule has 0 bridgehead atoms. The Bertz CT molecular complexity index is 658. The number of hydrogen-bond donors (Lipinski definition) is 2. The van der Waals surface area contributed by atoms with Crippen LogP contribution in [0, 0.1) is 0 Å². The molecule has 0 heterocycles. The summed E-state index contributed by atoms with van der Waals surface area (Å²) < 4.78 is 5.33. The maximum absolute atomic E-state index is 11.9. The van der Waals surface area contributed by atoms with Crippen LogP contribution in [0.25, 0.3) is 0 Å². The Hall–Kier alpha value is -2.66. The first kappa shape index (κ1) is 18.7. The zero-order valence-electron chi connectivity index (χ0n) is 14.1. The van der Waals surface area contributed by atoms with E-state index in [2.05, 4.69) is 5.32 Å². The molecule has 2 rings (SSSR count). The van der Waals surface area contributed by atoms with E-state index in [1.165, 1.54) is 0 Å². The average molecular weight is 341 g/mol. The molecule has 0 fully saturated rings. The average Bonchev–Trinajstić information content (AvgIpc) is 2.62. The number of ether oxygens (including phenoxy) is 1. The summed E-state index contributed by atoms with van der Waals surface area (Å²) in [6.45, 7) is 0.164. The number of nitrogens with one attached hydrogen (secondary N) is 1. The maximum atomic E-state index is 11.9. The zero-order valence-corrected chi connectivity index (χ0v) is 14.1. The van der Waals surface area contributed by atoms with Crippen molar-refractivity contribution < 1.29 is 19.4 Å². The van der Waals surface area contributed by atoms with E-state index in [0.29, 0.717) is 19.4 Å². The molecule has 0 saturated carbocycles. The van der Waals surface area contributed by atoms with Crippen LogP contribution >= 0.6 is 0 Å². The van der Waals surface area contributed by atoms with Gasteiger partial charge in [-0.05, 0) is 30.4 Å². The number of aryl methyl sites for hydroxylation is 1. The number of carboxylic acids is 1. The molecule has 0 aromatic heterocycles. The molecule has 1 atom stereocenters. The lowest BCUT2D eigenvalue weighted by Crippen LogP contribution is -2.42. The Kier molecular flexibility index (Phi) is 7.66. The van der Waals surface area contributed by atoms with Gasteiger partial charge in [0.1, 0.15) is 12.6 Å². The minimum absolute atomic E-state index is 0.155. The number of carbonyl (C=O) groups is 2. The van der Waals surface area contributed by atoms with Gasteiger partial charge in [-0.25, -0.2) is 4.79 Å². The minimum atomic E-state index is -1.02. The van der Waals surface area contributed by atoms with E-state index in [0.717, 1.165) is 17.5 Å². The second-order valence-electron chi connectivity index (χ2n) is 5.81. The van der Waals surface area contributed by atoms with Gasteiger partial charge >= 0.3 is 5.97 Å². The van der Waals surface area contributed by atoms with Crippen molar-refractivity contribution in [3.05, 3.63) is 71.8 Å². The van der Waals surface area contributed by atoms with Crippen LogP contribution in [0.2, 0.25) is 0 Å². The standard InChI is InChI=1S/C20H23NO4/c22-19(15-25-14-17-10-5-2-6-11-17)21-18(20(23)24)13-7-12-16-8-3-1-4-9-16/h1-6,8-11,18H,7,12-15H2,(H,21,22)(H,23,24)/t18-/m0/s1. The molecule has 2 aromatic rings. The maximum Gasteiger partial charge on any atom is 0.326 e. The van der Waals surface area contributed by atoms with Gasteiger partial charge in [-0.1, -0.05) is 60.7 Å². The quantitative estimate of drug-likeness (QED) is 0.697. The van der Waals surface area contributed by atoms with E-state index in [1.807, 2.05) is 60.7 Å². The van der Waals surface area contributed by atoms with Crippen LogP contribution in [0.3, 0.4) is 0 Å². The van der Waals surface area contributed by atoms with Gasteiger partial charge in [0.15, 0.2) is 0 Å². The Balaban J connectivity index is 1.70. The van der Waals surface area contributed by atoms with Gasteiger partial charge in [0.2, 0.25) is 5.91 Å². The van der Waals surface area contributed by atoms with Crippen LogP contribution in [0.1, 0.15) is 24.0 Å². The molecule has 0 unspecified atom stereocenters. The van der Waals surface area contributed by atoms with Crippen LogP contribution in [0.4, 0.5) is 0 Å². The Morgan fingerprint density at radius 3 is 2.16 bits per heavy atom. The van der Waals surface area contributed by atoms with Crippen LogP contribution in [0.5, 0.6) is 0 Å². The smallest absolute Gasteiger partial charge is 0.326 e. The van der Waals surface area contributed by atoms with Gasteiger partial charge in [-0.2, -0.15) is 0 Å². The highest BCUT2D eigenvalue weighted by molar-refractivity contribution is 5.84. The highest BCUT2D eigenvalue weighted by Crippen LogP contribution is 2.07. The van der Waals surface area contributed by atoms with E-state index in [-0.39, 0.29) is 6.61 Å². The largest absolute Gasteiger partial charge is 0.480 e. The fourth-order valence-corrected chi connectivity index (χ4v) is 2.48. The Labute approximate surface area is 147 Å². The Morgan fingerprint density at radius 1 is 0.960 bits per heavy atom. The van der Waals surface area contributed by atoms with Crippen molar-refractivity contribution in [1.82, 2.24) is 5.32 Å². The summed E-state index contributed by atoms with van der Waals surface area (Å²) in [5, 5.41) is 11.8. The van der Waals surface area contributed by atoms with Crippen molar-refractivity contribution in [1.29, 1.82) is 0 Å². The van der Waals surface area contributed by atoms with Crippen LogP contribution < -0.4 is 5.32 Å². The SMILES string of the molecule is O=C(COCc1ccccc1)N[C@@H](CCCc1ccccc1)C(=O)O. The predicted octanol–water partition coefficient (Wildman–Crippen LogP) is 2.80. The van der Waals surface area contributed by atoms with Crippen molar-refractivity contribution >= 4 is 11.9 Å². The molecule has 1 amide bonds. The molecule has 0 spiro atoms. The molecule has 2 aromatic carbocycles. The minimum Gasteiger partial charge on any atom is -0.480 e. The van der Waals surface area contributed by atoms with Crippen molar-refractivity contribution in [2.75, 3.05) is 6.61 Å². The molecule has 0 saturated heterocycles. The third-order valence-corrected chi connectivity index (χ3v) is 3.78. The predicted molar refractivity (Wildman–Crippen MR) is 95.0 cm³/mol. The van der Waals surface area contributed by atoms with Crippen molar-refractivity contribution in [2.45, 2.75) is 31.9 Å². The van der Waals surface area contributed by atoms with E-state index in [9.17, 15) is 14.7 Å². The summed E-state index contributed by atoms with van der Waals surface area (Å²) >= 11 is 0. The van der Waals surface area contributed by atoms with E-state index >= 15 is 0 Å². The molecule has 25 heavy (non-hydrogen) atoms. The summed E-state index contributed by atoms with van der Waals surface area (Å²) in [4.78, 5) is 23.2. The van der Waals surface area contributed by atoms with Gasteiger partial charge in [0.25, 0.3) is 0 Å². The van der Waals surface area contributed by atoms with Crippen LogP contribution in [-0.4, -0.2) is 29.6 Å². The number of carbonyl (C=O) groups excluding carboxylic acids is 1. The van der Waals surface area contributed by atoms with Crippen LogP contribution in [-0.2, 0) is 27.4 Å². The lowest BCUT2D eigenvalue weighted by molar-refractivity contribution is -0.142. The molecular formula is C20H23NO4. The number of amides is 1. The summed E-state index contributed by atoms with van der Waals surface area (Å²) in [7, 11) is 0. The first-order valence-corrected chi connectivity index (χ1v) is 8.33. The number of carboxylic acid groups (broad SMARTS) is 1. The van der Waals surface area contributed by atoms with E-state index < -0.39 is 17.9 Å². The molecule has 0 aliphatic heterocycles. The van der Waals surface area contributed by atoms with Crippen molar-refractivity contribution in [3.8, 4) is 0 Å². The second kappa shape index (κ2) is 10.3. The summed E-state index contributed by atoms with van der Waals surface area (Å²) in [6.07, 6.45) is 1.85. The fraction of sp³-hybridized carbons (Fsp3) is 0.300. The summed E-state index contributed by atoms with van der Waals surface area (Å²) in [5.41, 5.74) is 2.12. The van der Waals surface area contributed by atoms with Crippen molar-refractivity contribution in [3.63, 3.8) is 0 Å². The number of benzene rings is 2. The van der Waals surface area contributed by atoms with Crippen molar-refractivity contribution in [2.24, 2.45) is 0 Å². The van der Waals surface area contributed by atoms with Gasteiger partial charge < -0.3 is 15.2 Å². The molecule has 0 aliphatic carbocycles. The van der Waals surface area contributed by atoms with Gasteiger partial charge in [-0.15, -0.1) is 0 Å². The number of rotatable bonds is 10. The number of aliphatic carboxylic acids is 1. The summed E-state index contributed by atoms with van der Waals surface area (Å²) in [6, 6.07) is 18.5. The fourth-order valence-electron chi connectivity index (χ4n) is 2.48. The normalized spacial score (nSPS) is 11.7. The zero-order chi connectivity index (χ0) is 17.9. The highest BCUT2D eigenvalue weighted by atomic mass is 16.5. The molecular weight excluding hydrogens is 318 g/mol. The molecule has 0 radical (unpaired) electrons. The second-order valence-corrected chi connectivity index (χ2v) is 5.81. The van der Waals surface area contributed by atoms with E-state index in [1.54, 1.807) is 0 Å². The summed E-state index contributed by atoms with van der Waals surface area (Å²) in [5.74, 6) is -1.44. The molecule has 132 valence electrons. The lowest BCUT2D eigenvalue weighted by atomic mass is 10.0. The number of hydrogen-bond acceptors (Lipinski definition) is 3. The van der Waals surface area contributed by atoms with Gasteiger partial charge in [0.05, 0.1) is 6.61 Å². The molecule has 2 N–H and O–H groups in total. The molecule has 5 nitrogen and oxygen atoms in total. The third kappa shape index (κ3) is 7.18. The first-order chi connectivity index (χ1) is 12.1. The molecule has 0 aliphatic rings. The third-order valence-electron chi connectivity index (χ3n) is 3.78. The Morgan fingerprint density at radius 2 is 1.56 bits per heavy atom. The van der Waals surface area contributed by atoms with Gasteiger partial charge in [-0.3, -0.25) is 4.79 Å². The van der Waals surface area contributed by atoms with Gasteiger partial charge in [0, 0.05) is 0 Å². The van der Waals surface area contributed by atoms with Crippen LogP contribution in [0.15, 0.2) is 60.7 Å². The topological polar surface area (TPSA) is 75.6 Å². The highest BCUT2D eigenvalue weighted by Gasteiger charge is 2.19.